The summed E-state index contributed by atoms with van der Waals surface area (Å²) < 4.78 is 0. The van der Waals surface area contributed by atoms with Crippen molar-refractivity contribution in [2.75, 3.05) is 5.32 Å². The van der Waals surface area contributed by atoms with Crippen LogP contribution in [0.1, 0.15) is 23.2 Å². The van der Waals surface area contributed by atoms with Crippen LogP contribution in [-0.2, 0) is 13.0 Å². The average Bonchev–Trinajstić information content (AvgIpc) is 2.86. The van der Waals surface area contributed by atoms with Gasteiger partial charge in [0, 0.05) is 17.8 Å². The lowest BCUT2D eigenvalue weighted by Gasteiger charge is -2.08. The van der Waals surface area contributed by atoms with Gasteiger partial charge in [-0.3, -0.25) is 0 Å². The maximum Gasteiger partial charge on any atom is 0.138 e. The fourth-order valence-electron chi connectivity index (χ4n) is 2.16. The van der Waals surface area contributed by atoms with Gasteiger partial charge >= 0.3 is 0 Å². The van der Waals surface area contributed by atoms with Gasteiger partial charge in [-0.2, -0.15) is 0 Å². The molecule has 0 unspecified atom stereocenters. The van der Waals surface area contributed by atoms with E-state index in [2.05, 4.69) is 59.5 Å². The predicted octanol–water partition coefficient (Wildman–Crippen LogP) is 4.17. The minimum absolute atomic E-state index is 0.783. The van der Waals surface area contributed by atoms with Crippen molar-refractivity contribution in [1.29, 1.82) is 0 Å². The smallest absolute Gasteiger partial charge is 0.138 e. The first-order valence-corrected chi connectivity index (χ1v) is 7.62. The maximum atomic E-state index is 4.63. The lowest BCUT2D eigenvalue weighted by Crippen LogP contribution is -2.04. The molecule has 3 nitrogen and oxygen atoms in total. The standard InChI is InChI=1S/C16H17N3S/c1-3-14-18-15(13-9-11(2)20-16(13)19-14)17-10-12-7-5-4-6-8-12/h4-9H,3,10H2,1-2H3,(H,17,18,19). The van der Waals surface area contributed by atoms with E-state index >= 15 is 0 Å². The Bertz CT molecular complexity index is 719. The Labute approximate surface area is 122 Å². The molecule has 0 radical (unpaired) electrons. The molecule has 0 bridgehead atoms. The third-order valence-corrected chi connectivity index (χ3v) is 4.13. The van der Waals surface area contributed by atoms with Crippen LogP contribution in [0.25, 0.3) is 10.2 Å². The van der Waals surface area contributed by atoms with Crippen LogP contribution in [0.2, 0.25) is 0 Å². The van der Waals surface area contributed by atoms with Crippen molar-refractivity contribution in [3.8, 4) is 0 Å². The molecule has 1 N–H and O–H groups in total. The maximum absolute atomic E-state index is 4.63. The molecule has 0 atom stereocenters. The van der Waals surface area contributed by atoms with Crippen molar-refractivity contribution in [3.63, 3.8) is 0 Å². The SMILES string of the molecule is CCc1nc(NCc2ccccc2)c2cc(C)sc2n1. The molecule has 4 heteroatoms. The number of fused-ring (bicyclic) bond motifs is 1. The van der Waals surface area contributed by atoms with Gasteiger partial charge in [-0.15, -0.1) is 11.3 Å². The highest BCUT2D eigenvalue weighted by atomic mass is 32.1. The van der Waals surface area contributed by atoms with Gasteiger partial charge in [-0.25, -0.2) is 9.97 Å². The zero-order chi connectivity index (χ0) is 13.9. The van der Waals surface area contributed by atoms with E-state index in [1.54, 1.807) is 11.3 Å². The largest absolute Gasteiger partial charge is 0.365 e. The summed E-state index contributed by atoms with van der Waals surface area (Å²) in [5.41, 5.74) is 1.25. The number of hydrogen-bond donors (Lipinski definition) is 1. The molecule has 2 aromatic heterocycles. The van der Waals surface area contributed by atoms with Crippen molar-refractivity contribution in [1.82, 2.24) is 9.97 Å². The molecule has 1 aromatic carbocycles. The van der Waals surface area contributed by atoms with Crippen molar-refractivity contribution in [2.24, 2.45) is 0 Å². The van der Waals surface area contributed by atoms with Gasteiger partial charge < -0.3 is 5.32 Å². The number of nitrogens with one attached hydrogen (secondary N) is 1. The van der Waals surface area contributed by atoms with Crippen LogP contribution in [0.4, 0.5) is 5.82 Å². The van der Waals surface area contributed by atoms with Crippen molar-refractivity contribution >= 4 is 27.4 Å². The Morgan fingerprint density at radius 3 is 2.70 bits per heavy atom. The number of hydrogen-bond acceptors (Lipinski definition) is 4. The summed E-state index contributed by atoms with van der Waals surface area (Å²) in [6.45, 7) is 4.98. The van der Waals surface area contributed by atoms with Crippen LogP contribution in [0.5, 0.6) is 0 Å². The Balaban J connectivity index is 1.93. The minimum Gasteiger partial charge on any atom is -0.365 e. The molecule has 0 aliphatic carbocycles. The zero-order valence-electron chi connectivity index (χ0n) is 11.7. The summed E-state index contributed by atoms with van der Waals surface area (Å²) in [4.78, 5) is 11.6. The Morgan fingerprint density at radius 2 is 1.95 bits per heavy atom. The number of benzene rings is 1. The molecule has 2 heterocycles. The molecule has 3 aromatic rings. The Morgan fingerprint density at radius 1 is 1.15 bits per heavy atom. The van der Waals surface area contributed by atoms with Crippen molar-refractivity contribution in [2.45, 2.75) is 26.8 Å². The van der Waals surface area contributed by atoms with Crippen molar-refractivity contribution < 1.29 is 0 Å². The number of nitrogens with zero attached hydrogens (tertiary/aromatic N) is 2. The van der Waals surface area contributed by atoms with Gasteiger partial charge in [-0.05, 0) is 18.6 Å². The van der Waals surface area contributed by atoms with Crippen LogP contribution in [0.3, 0.4) is 0 Å². The van der Waals surface area contributed by atoms with Crippen LogP contribution < -0.4 is 5.32 Å². The first-order valence-electron chi connectivity index (χ1n) is 6.81. The molecule has 0 saturated carbocycles. The molecule has 0 aliphatic heterocycles. The van der Waals surface area contributed by atoms with E-state index in [4.69, 9.17) is 0 Å². The van der Waals surface area contributed by atoms with Gasteiger partial charge in [0.05, 0.1) is 5.39 Å². The van der Waals surface area contributed by atoms with E-state index in [1.807, 2.05) is 6.07 Å². The number of anilines is 1. The van der Waals surface area contributed by atoms with Gasteiger partial charge in [0.1, 0.15) is 16.5 Å². The van der Waals surface area contributed by atoms with E-state index in [0.717, 1.165) is 34.8 Å². The normalized spacial score (nSPS) is 10.9. The molecule has 0 saturated heterocycles. The van der Waals surface area contributed by atoms with E-state index in [-0.39, 0.29) is 0 Å². The summed E-state index contributed by atoms with van der Waals surface area (Å²) in [6, 6.07) is 12.5. The fourth-order valence-corrected chi connectivity index (χ4v) is 3.06. The van der Waals surface area contributed by atoms with E-state index in [0.29, 0.717) is 0 Å². The number of rotatable bonds is 4. The molecule has 0 aliphatic rings. The highest BCUT2D eigenvalue weighted by Gasteiger charge is 2.09. The lowest BCUT2D eigenvalue weighted by molar-refractivity contribution is 0.957. The Hall–Kier alpha value is -1.94. The second-order valence-electron chi connectivity index (χ2n) is 4.76. The van der Waals surface area contributed by atoms with Crippen LogP contribution in [0.15, 0.2) is 36.4 Å². The quantitative estimate of drug-likeness (QED) is 0.780. The molecule has 3 rings (SSSR count). The third kappa shape index (κ3) is 2.65. The molecular formula is C16H17N3S. The summed E-state index contributed by atoms with van der Waals surface area (Å²) in [6.07, 6.45) is 0.854. The molecule has 0 fully saturated rings. The first kappa shape index (κ1) is 13.1. The number of thiophene rings is 1. The molecule has 102 valence electrons. The van der Waals surface area contributed by atoms with Crippen LogP contribution >= 0.6 is 11.3 Å². The highest BCUT2D eigenvalue weighted by Crippen LogP contribution is 2.28. The molecular weight excluding hydrogens is 266 g/mol. The van der Waals surface area contributed by atoms with Gasteiger partial charge in [0.2, 0.25) is 0 Å². The number of aryl methyl sites for hydroxylation is 2. The summed E-state index contributed by atoms with van der Waals surface area (Å²) in [5, 5.41) is 4.57. The molecule has 0 amide bonds. The summed E-state index contributed by atoms with van der Waals surface area (Å²) >= 11 is 1.73. The van der Waals surface area contributed by atoms with Gasteiger partial charge in [0.15, 0.2) is 0 Å². The minimum atomic E-state index is 0.783. The predicted molar refractivity (Wildman–Crippen MR) is 85.3 cm³/mol. The molecule has 20 heavy (non-hydrogen) atoms. The van der Waals surface area contributed by atoms with E-state index in [1.165, 1.54) is 10.4 Å². The molecule has 0 spiro atoms. The lowest BCUT2D eigenvalue weighted by atomic mass is 10.2. The zero-order valence-corrected chi connectivity index (χ0v) is 12.5. The third-order valence-electron chi connectivity index (χ3n) is 3.18. The van der Waals surface area contributed by atoms with E-state index in [9.17, 15) is 0 Å². The van der Waals surface area contributed by atoms with Gasteiger partial charge in [-0.1, -0.05) is 37.3 Å². The van der Waals surface area contributed by atoms with Crippen molar-refractivity contribution in [3.05, 3.63) is 52.7 Å². The summed E-state index contributed by atoms with van der Waals surface area (Å²) in [7, 11) is 0. The van der Waals surface area contributed by atoms with Crippen LogP contribution in [0, 0.1) is 6.92 Å². The highest BCUT2D eigenvalue weighted by molar-refractivity contribution is 7.18. The second kappa shape index (κ2) is 5.59. The Kier molecular flexibility index (Phi) is 3.65. The monoisotopic (exact) mass is 283 g/mol. The van der Waals surface area contributed by atoms with E-state index < -0.39 is 0 Å². The number of aromatic nitrogens is 2. The summed E-state index contributed by atoms with van der Waals surface area (Å²) in [5.74, 6) is 1.84. The first-order chi connectivity index (χ1) is 9.76. The fraction of sp³-hybridized carbons (Fsp3) is 0.250. The topological polar surface area (TPSA) is 37.8 Å². The van der Waals surface area contributed by atoms with Crippen LogP contribution in [-0.4, -0.2) is 9.97 Å². The average molecular weight is 283 g/mol. The van der Waals surface area contributed by atoms with Gasteiger partial charge in [0.25, 0.3) is 0 Å². The second-order valence-corrected chi connectivity index (χ2v) is 5.99.